The van der Waals surface area contributed by atoms with Crippen LogP contribution in [0.15, 0.2) is 0 Å². The average Bonchev–Trinajstić information content (AvgIpc) is 2.41. The van der Waals surface area contributed by atoms with Crippen molar-refractivity contribution < 1.29 is 14.6 Å². The Bertz CT molecular complexity index is 388. The van der Waals surface area contributed by atoms with E-state index in [0.29, 0.717) is 5.69 Å². The van der Waals surface area contributed by atoms with Gasteiger partial charge in [-0.05, 0) is 0 Å². The predicted molar refractivity (Wildman–Crippen MR) is 55.4 cm³/mol. The SMILES string of the molecule is COc1c(C(=O)O)c(C(C)(C)C)nn1C. The molecular weight excluding hydrogens is 196 g/mol. The van der Waals surface area contributed by atoms with Crippen LogP contribution in [0.2, 0.25) is 0 Å². The van der Waals surface area contributed by atoms with Crippen molar-refractivity contribution in [3.8, 4) is 5.88 Å². The highest BCUT2D eigenvalue weighted by molar-refractivity contribution is 5.92. The van der Waals surface area contributed by atoms with Gasteiger partial charge in [-0.3, -0.25) is 0 Å². The second kappa shape index (κ2) is 3.56. The van der Waals surface area contributed by atoms with Gasteiger partial charge in [0.25, 0.3) is 0 Å². The molecule has 15 heavy (non-hydrogen) atoms. The number of hydrogen-bond donors (Lipinski definition) is 1. The summed E-state index contributed by atoms with van der Waals surface area (Å²) in [6.07, 6.45) is 0. The maximum absolute atomic E-state index is 11.1. The molecule has 0 aliphatic heterocycles. The van der Waals surface area contributed by atoms with E-state index in [-0.39, 0.29) is 16.9 Å². The van der Waals surface area contributed by atoms with Crippen molar-refractivity contribution in [1.29, 1.82) is 0 Å². The molecule has 84 valence electrons. The standard InChI is InChI=1S/C10H16N2O3/c1-10(2,3)7-6(9(13)14)8(15-5)12(4)11-7/h1-5H3,(H,13,14). The number of aromatic carboxylic acids is 1. The largest absolute Gasteiger partial charge is 0.481 e. The number of methoxy groups -OCH3 is 1. The second-order valence-corrected chi connectivity index (χ2v) is 4.41. The number of carboxylic acid groups (broad SMARTS) is 1. The molecule has 0 aliphatic rings. The van der Waals surface area contributed by atoms with E-state index in [1.807, 2.05) is 20.8 Å². The van der Waals surface area contributed by atoms with Crippen molar-refractivity contribution in [2.75, 3.05) is 7.11 Å². The van der Waals surface area contributed by atoms with Crippen molar-refractivity contribution in [3.63, 3.8) is 0 Å². The Morgan fingerprint density at radius 1 is 1.47 bits per heavy atom. The predicted octanol–water partition coefficient (Wildman–Crippen LogP) is 1.42. The minimum Gasteiger partial charge on any atom is -0.481 e. The van der Waals surface area contributed by atoms with Gasteiger partial charge in [-0.25, -0.2) is 9.48 Å². The van der Waals surface area contributed by atoms with Crippen LogP contribution in [0.5, 0.6) is 5.88 Å². The molecule has 0 radical (unpaired) electrons. The summed E-state index contributed by atoms with van der Waals surface area (Å²) in [5.74, 6) is -0.725. The molecular formula is C10H16N2O3. The molecule has 0 fully saturated rings. The van der Waals surface area contributed by atoms with E-state index in [9.17, 15) is 4.79 Å². The maximum Gasteiger partial charge on any atom is 0.343 e. The minimum absolute atomic E-state index is 0.146. The summed E-state index contributed by atoms with van der Waals surface area (Å²) in [6.45, 7) is 5.75. The van der Waals surface area contributed by atoms with Crippen molar-refractivity contribution in [2.45, 2.75) is 26.2 Å². The van der Waals surface area contributed by atoms with E-state index in [0.717, 1.165) is 0 Å². The summed E-state index contributed by atoms with van der Waals surface area (Å²) in [4.78, 5) is 11.1. The van der Waals surface area contributed by atoms with Crippen LogP contribution < -0.4 is 4.74 Å². The molecule has 1 rings (SSSR count). The Morgan fingerprint density at radius 2 is 2.00 bits per heavy atom. The van der Waals surface area contributed by atoms with E-state index in [1.54, 1.807) is 7.05 Å². The summed E-state index contributed by atoms with van der Waals surface area (Å²) in [7, 11) is 3.11. The van der Waals surface area contributed by atoms with Crippen LogP contribution in [-0.2, 0) is 12.5 Å². The van der Waals surface area contributed by atoms with Crippen LogP contribution in [-0.4, -0.2) is 28.0 Å². The molecule has 1 heterocycles. The molecule has 0 amide bonds. The van der Waals surface area contributed by atoms with Gasteiger partial charge in [0.05, 0.1) is 12.8 Å². The summed E-state index contributed by atoms with van der Waals surface area (Å²) in [5, 5.41) is 13.3. The third-order valence-electron chi connectivity index (χ3n) is 2.11. The van der Waals surface area contributed by atoms with E-state index in [1.165, 1.54) is 11.8 Å². The Labute approximate surface area is 88.7 Å². The highest BCUT2D eigenvalue weighted by atomic mass is 16.5. The van der Waals surface area contributed by atoms with Crippen LogP contribution >= 0.6 is 0 Å². The average molecular weight is 212 g/mol. The molecule has 0 saturated heterocycles. The van der Waals surface area contributed by atoms with Crippen molar-refractivity contribution >= 4 is 5.97 Å². The molecule has 1 aromatic heterocycles. The van der Waals surface area contributed by atoms with Gasteiger partial charge >= 0.3 is 5.97 Å². The third-order valence-corrected chi connectivity index (χ3v) is 2.11. The monoisotopic (exact) mass is 212 g/mol. The van der Waals surface area contributed by atoms with Gasteiger partial charge in [0.15, 0.2) is 0 Å². The van der Waals surface area contributed by atoms with Crippen molar-refractivity contribution in [1.82, 2.24) is 9.78 Å². The Morgan fingerprint density at radius 3 is 2.33 bits per heavy atom. The summed E-state index contributed by atoms with van der Waals surface area (Å²) < 4.78 is 6.48. The lowest BCUT2D eigenvalue weighted by Crippen LogP contribution is -2.16. The number of nitrogens with zero attached hydrogens (tertiary/aromatic N) is 2. The number of hydrogen-bond acceptors (Lipinski definition) is 3. The third kappa shape index (κ3) is 1.95. The van der Waals surface area contributed by atoms with Gasteiger partial charge in [0.2, 0.25) is 5.88 Å². The van der Waals surface area contributed by atoms with Crippen molar-refractivity contribution in [2.24, 2.45) is 7.05 Å². The van der Waals surface area contributed by atoms with Crippen LogP contribution in [0.3, 0.4) is 0 Å². The molecule has 0 aliphatic carbocycles. The van der Waals surface area contributed by atoms with Gasteiger partial charge < -0.3 is 9.84 Å². The number of aromatic nitrogens is 2. The fraction of sp³-hybridized carbons (Fsp3) is 0.600. The summed E-state index contributed by atoms with van der Waals surface area (Å²) in [5.41, 5.74) is 0.365. The molecule has 1 aromatic rings. The van der Waals surface area contributed by atoms with Gasteiger partial charge in [0.1, 0.15) is 5.56 Å². The number of rotatable bonds is 2. The normalized spacial score (nSPS) is 11.5. The fourth-order valence-electron chi connectivity index (χ4n) is 1.46. The molecule has 0 atom stereocenters. The van der Waals surface area contributed by atoms with Gasteiger partial charge in [-0.1, -0.05) is 20.8 Å². The lowest BCUT2D eigenvalue weighted by molar-refractivity contribution is 0.0690. The zero-order chi connectivity index (χ0) is 11.8. The highest BCUT2D eigenvalue weighted by Crippen LogP contribution is 2.30. The topological polar surface area (TPSA) is 64.3 Å². The Balaban J connectivity index is 3.47. The lowest BCUT2D eigenvalue weighted by atomic mass is 9.89. The molecule has 0 spiro atoms. The van der Waals surface area contributed by atoms with Gasteiger partial charge in [-0.15, -0.1) is 0 Å². The van der Waals surface area contributed by atoms with E-state index in [4.69, 9.17) is 9.84 Å². The second-order valence-electron chi connectivity index (χ2n) is 4.41. The molecule has 5 heteroatoms. The zero-order valence-electron chi connectivity index (χ0n) is 9.66. The van der Waals surface area contributed by atoms with E-state index in [2.05, 4.69) is 5.10 Å². The molecule has 0 saturated carbocycles. The molecule has 0 bridgehead atoms. The smallest absolute Gasteiger partial charge is 0.343 e. The first-order valence-corrected chi connectivity index (χ1v) is 4.63. The lowest BCUT2D eigenvalue weighted by Gasteiger charge is -2.15. The minimum atomic E-state index is -1.01. The van der Waals surface area contributed by atoms with Gasteiger partial charge in [0, 0.05) is 12.5 Å². The highest BCUT2D eigenvalue weighted by Gasteiger charge is 2.30. The van der Waals surface area contributed by atoms with Gasteiger partial charge in [-0.2, -0.15) is 5.10 Å². The first-order valence-electron chi connectivity index (χ1n) is 4.63. The van der Waals surface area contributed by atoms with Crippen LogP contribution in [0.4, 0.5) is 0 Å². The van der Waals surface area contributed by atoms with E-state index < -0.39 is 5.97 Å². The maximum atomic E-state index is 11.1. The quantitative estimate of drug-likeness (QED) is 0.805. The molecule has 1 N–H and O–H groups in total. The van der Waals surface area contributed by atoms with Crippen molar-refractivity contribution in [3.05, 3.63) is 11.3 Å². The number of aryl methyl sites for hydroxylation is 1. The molecule has 5 nitrogen and oxygen atoms in total. The van der Waals surface area contributed by atoms with E-state index >= 15 is 0 Å². The fourth-order valence-corrected chi connectivity index (χ4v) is 1.46. The number of carboxylic acids is 1. The first kappa shape index (κ1) is 11.6. The summed E-state index contributed by atoms with van der Waals surface area (Å²) >= 11 is 0. The first-order chi connectivity index (χ1) is 6.79. The summed E-state index contributed by atoms with van der Waals surface area (Å²) in [6, 6.07) is 0. The Hall–Kier alpha value is -1.52. The number of carbonyl (C=O) groups is 1. The van der Waals surface area contributed by atoms with Crippen LogP contribution in [0.1, 0.15) is 36.8 Å². The van der Waals surface area contributed by atoms with Crippen LogP contribution in [0, 0.1) is 0 Å². The van der Waals surface area contributed by atoms with Crippen LogP contribution in [0.25, 0.3) is 0 Å². The molecule has 0 aromatic carbocycles. The zero-order valence-corrected chi connectivity index (χ0v) is 9.66. The molecule has 0 unspecified atom stereocenters. The number of ether oxygens (including phenoxy) is 1. The Kier molecular flexibility index (Phi) is 2.75.